The lowest BCUT2D eigenvalue weighted by atomic mass is 10.1. The minimum atomic E-state index is -0.634. The third-order valence-corrected chi connectivity index (χ3v) is 5.06. The Kier molecular flexibility index (Phi) is 4.83. The molecule has 4 aromatic rings. The number of amides is 1. The highest BCUT2D eigenvalue weighted by Gasteiger charge is 2.15. The molecule has 0 radical (unpaired) electrons. The first-order valence-corrected chi connectivity index (χ1v) is 9.60. The molecule has 0 aliphatic carbocycles. The lowest BCUT2D eigenvalue weighted by molar-refractivity contribution is -0.122. The maximum Gasteiger partial charge on any atom is 0.265 e. The van der Waals surface area contributed by atoms with Gasteiger partial charge in [0.2, 0.25) is 0 Å². The molecule has 136 valence electrons. The SMILES string of the molecule is CC(Oc1ccc(Cl)cc1)C(=O)Nc1ccc(-c2cn3ccsc3n2)cc1. The maximum atomic E-state index is 12.3. The molecule has 0 saturated heterocycles. The van der Waals surface area contributed by atoms with Crippen molar-refractivity contribution >= 4 is 39.5 Å². The van der Waals surface area contributed by atoms with E-state index in [1.807, 2.05) is 46.4 Å². The van der Waals surface area contributed by atoms with E-state index in [0.717, 1.165) is 16.2 Å². The minimum absolute atomic E-state index is 0.222. The van der Waals surface area contributed by atoms with Crippen LogP contribution in [0, 0.1) is 0 Å². The number of nitrogens with one attached hydrogen (secondary N) is 1. The van der Waals surface area contributed by atoms with Crippen LogP contribution in [0.25, 0.3) is 16.2 Å². The van der Waals surface area contributed by atoms with Crippen molar-refractivity contribution in [2.75, 3.05) is 5.32 Å². The number of hydrogen-bond donors (Lipinski definition) is 1. The molecular formula is C20H16ClN3O2S. The molecule has 1 atom stereocenters. The number of carbonyl (C=O) groups excluding carboxylic acids is 1. The smallest absolute Gasteiger partial charge is 0.265 e. The lowest BCUT2D eigenvalue weighted by Crippen LogP contribution is -2.30. The number of benzene rings is 2. The van der Waals surface area contributed by atoms with Crippen LogP contribution >= 0.6 is 22.9 Å². The minimum Gasteiger partial charge on any atom is -0.481 e. The third kappa shape index (κ3) is 3.97. The van der Waals surface area contributed by atoms with Gasteiger partial charge in [-0.05, 0) is 43.3 Å². The number of thiazole rings is 1. The van der Waals surface area contributed by atoms with Crippen molar-refractivity contribution in [1.29, 1.82) is 0 Å². The van der Waals surface area contributed by atoms with Crippen molar-refractivity contribution in [3.8, 4) is 17.0 Å². The van der Waals surface area contributed by atoms with E-state index in [9.17, 15) is 4.79 Å². The quantitative estimate of drug-likeness (QED) is 0.508. The second kappa shape index (κ2) is 7.42. The fraction of sp³-hybridized carbons (Fsp3) is 0.100. The highest BCUT2D eigenvalue weighted by atomic mass is 35.5. The third-order valence-electron chi connectivity index (χ3n) is 4.04. The molecule has 27 heavy (non-hydrogen) atoms. The Morgan fingerprint density at radius 2 is 1.93 bits per heavy atom. The van der Waals surface area contributed by atoms with Gasteiger partial charge in [-0.3, -0.25) is 9.20 Å². The molecule has 0 aliphatic heterocycles. The molecule has 0 aliphatic rings. The number of aromatic nitrogens is 2. The Labute approximate surface area is 165 Å². The maximum absolute atomic E-state index is 12.3. The molecule has 1 N–H and O–H groups in total. The van der Waals surface area contributed by atoms with Crippen LogP contribution in [0.5, 0.6) is 5.75 Å². The summed E-state index contributed by atoms with van der Waals surface area (Å²) in [6.07, 6.45) is 3.33. The standard InChI is InChI=1S/C20H16ClN3O2S/c1-13(26-17-8-4-15(21)5-9-17)19(25)22-16-6-2-14(3-7-16)18-12-24-10-11-27-20(24)23-18/h2-13H,1H3,(H,22,25). The molecule has 0 bridgehead atoms. The fourth-order valence-corrected chi connectivity index (χ4v) is 3.43. The van der Waals surface area contributed by atoms with E-state index >= 15 is 0 Å². The van der Waals surface area contributed by atoms with Crippen molar-refractivity contribution in [3.63, 3.8) is 0 Å². The lowest BCUT2D eigenvalue weighted by Gasteiger charge is -2.15. The van der Waals surface area contributed by atoms with Gasteiger partial charge < -0.3 is 10.1 Å². The van der Waals surface area contributed by atoms with Crippen LogP contribution < -0.4 is 10.1 Å². The van der Waals surface area contributed by atoms with Crippen LogP contribution in [-0.4, -0.2) is 21.4 Å². The van der Waals surface area contributed by atoms with E-state index in [0.29, 0.717) is 16.5 Å². The van der Waals surface area contributed by atoms with E-state index in [2.05, 4.69) is 10.3 Å². The van der Waals surface area contributed by atoms with E-state index in [-0.39, 0.29) is 5.91 Å². The van der Waals surface area contributed by atoms with Crippen LogP contribution in [0.4, 0.5) is 5.69 Å². The predicted molar refractivity (Wildman–Crippen MR) is 109 cm³/mol. The molecular weight excluding hydrogens is 382 g/mol. The topological polar surface area (TPSA) is 55.6 Å². The first-order chi connectivity index (χ1) is 13.1. The van der Waals surface area contributed by atoms with E-state index in [1.54, 1.807) is 42.5 Å². The second-order valence-corrected chi connectivity index (χ2v) is 7.31. The molecule has 0 saturated carbocycles. The van der Waals surface area contributed by atoms with Crippen molar-refractivity contribution in [2.45, 2.75) is 13.0 Å². The van der Waals surface area contributed by atoms with Crippen molar-refractivity contribution in [2.24, 2.45) is 0 Å². The van der Waals surface area contributed by atoms with Crippen molar-refractivity contribution in [1.82, 2.24) is 9.38 Å². The summed E-state index contributed by atoms with van der Waals surface area (Å²) < 4.78 is 7.63. The zero-order chi connectivity index (χ0) is 18.8. The first-order valence-electron chi connectivity index (χ1n) is 8.34. The molecule has 1 amide bonds. The number of carbonyl (C=O) groups is 1. The summed E-state index contributed by atoms with van der Waals surface area (Å²) in [5.41, 5.74) is 2.60. The molecule has 2 aromatic carbocycles. The average Bonchev–Trinajstić information content (AvgIpc) is 3.26. The van der Waals surface area contributed by atoms with Gasteiger partial charge in [0.25, 0.3) is 5.91 Å². The molecule has 1 unspecified atom stereocenters. The summed E-state index contributed by atoms with van der Waals surface area (Å²) in [6, 6.07) is 14.5. The van der Waals surface area contributed by atoms with Crippen LogP contribution in [0.15, 0.2) is 66.3 Å². The van der Waals surface area contributed by atoms with Crippen molar-refractivity contribution < 1.29 is 9.53 Å². The highest BCUT2D eigenvalue weighted by Crippen LogP contribution is 2.23. The monoisotopic (exact) mass is 397 g/mol. The molecule has 0 fully saturated rings. The Hall–Kier alpha value is -2.83. The van der Waals surface area contributed by atoms with Gasteiger partial charge in [-0.25, -0.2) is 4.98 Å². The number of fused-ring (bicyclic) bond motifs is 1. The first kappa shape index (κ1) is 17.6. The number of imidazole rings is 1. The predicted octanol–water partition coefficient (Wildman–Crippen LogP) is 5.12. The van der Waals surface area contributed by atoms with Gasteiger partial charge in [-0.1, -0.05) is 23.7 Å². The number of halogens is 1. The summed E-state index contributed by atoms with van der Waals surface area (Å²) in [7, 11) is 0. The molecule has 7 heteroatoms. The number of anilines is 1. The number of rotatable bonds is 5. The number of nitrogens with zero attached hydrogens (tertiary/aromatic N) is 2. The zero-order valence-corrected chi connectivity index (χ0v) is 16.0. The Balaban J connectivity index is 1.40. The summed E-state index contributed by atoms with van der Waals surface area (Å²) in [4.78, 5) is 17.9. The summed E-state index contributed by atoms with van der Waals surface area (Å²) in [5, 5.41) is 5.48. The van der Waals surface area contributed by atoms with Gasteiger partial charge in [0, 0.05) is 34.0 Å². The van der Waals surface area contributed by atoms with Gasteiger partial charge in [-0.15, -0.1) is 11.3 Å². The normalized spacial score (nSPS) is 12.1. The van der Waals surface area contributed by atoms with Crippen LogP contribution in [0.1, 0.15) is 6.92 Å². The fourth-order valence-electron chi connectivity index (χ4n) is 2.61. The Bertz CT molecular complexity index is 1040. The molecule has 0 spiro atoms. The summed E-state index contributed by atoms with van der Waals surface area (Å²) >= 11 is 7.44. The highest BCUT2D eigenvalue weighted by molar-refractivity contribution is 7.15. The van der Waals surface area contributed by atoms with Gasteiger partial charge in [0.1, 0.15) is 5.75 Å². The van der Waals surface area contributed by atoms with Crippen molar-refractivity contribution in [3.05, 3.63) is 71.3 Å². The van der Waals surface area contributed by atoms with Gasteiger partial charge in [-0.2, -0.15) is 0 Å². The average molecular weight is 398 g/mol. The van der Waals surface area contributed by atoms with Crippen LogP contribution in [0.3, 0.4) is 0 Å². The summed E-state index contributed by atoms with van der Waals surface area (Å²) in [5.74, 6) is 0.373. The van der Waals surface area contributed by atoms with Gasteiger partial charge >= 0.3 is 0 Å². The Morgan fingerprint density at radius 1 is 1.19 bits per heavy atom. The number of hydrogen-bond acceptors (Lipinski definition) is 4. The molecule has 4 rings (SSSR count). The van der Waals surface area contributed by atoms with Gasteiger partial charge in [0.15, 0.2) is 11.1 Å². The summed E-state index contributed by atoms with van der Waals surface area (Å²) in [6.45, 7) is 1.70. The van der Waals surface area contributed by atoms with Crippen LogP contribution in [0.2, 0.25) is 5.02 Å². The number of ether oxygens (including phenoxy) is 1. The van der Waals surface area contributed by atoms with Gasteiger partial charge in [0.05, 0.1) is 5.69 Å². The van der Waals surface area contributed by atoms with E-state index in [4.69, 9.17) is 16.3 Å². The molecule has 2 aromatic heterocycles. The molecule has 5 nitrogen and oxygen atoms in total. The van der Waals surface area contributed by atoms with E-state index < -0.39 is 6.10 Å². The largest absolute Gasteiger partial charge is 0.481 e. The molecule has 2 heterocycles. The second-order valence-electron chi connectivity index (χ2n) is 6.00. The zero-order valence-electron chi connectivity index (χ0n) is 14.4. The Morgan fingerprint density at radius 3 is 2.63 bits per heavy atom. The van der Waals surface area contributed by atoms with E-state index in [1.165, 1.54) is 0 Å². The van der Waals surface area contributed by atoms with Crippen LogP contribution in [-0.2, 0) is 4.79 Å².